The van der Waals surface area contributed by atoms with E-state index in [1.54, 1.807) is 12.1 Å². The number of ether oxygens (including phenoxy) is 3. The molecule has 0 saturated carbocycles. The summed E-state index contributed by atoms with van der Waals surface area (Å²) in [7, 11) is 2.86. The predicted molar refractivity (Wildman–Crippen MR) is 96.4 cm³/mol. The highest BCUT2D eigenvalue weighted by molar-refractivity contribution is 5.99. The molecule has 144 valence electrons. The summed E-state index contributed by atoms with van der Waals surface area (Å²) in [5.74, 6) is -0.736. The van der Waals surface area contributed by atoms with Crippen molar-refractivity contribution in [1.29, 1.82) is 0 Å². The molecule has 2 aromatic rings. The fraction of sp³-hybridized carbons (Fsp3) is 0.350. The highest BCUT2D eigenvalue weighted by atomic mass is 16.5. The maximum Gasteiger partial charge on any atom is 0.168 e. The van der Waals surface area contributed by atoms with E-state index in [4.69, 9.17) is 14.2 Å². The number of hydrogen-bond acceptors (Lipinski definition) is 7. The standard InChI is InChI=1S/C20H22O7/c1-25-17-7-11(3-5-15(17)22)19(24)14-10-27-20(13(14)9-21)12-4-6-16(23)18(8-12)26-2/h3-8,13-14,20-23H,9-10H2,1-2H3/t13-,14-,20+/m0/s1. The SMILES string of the molecule is COc1cc(C(=O)[C@H]2CO[C@H](c3ccc(O)c(OC)c3)[C@H]2CO)ccc1O. The molecule has 3 atom stereocenters. The van der Waals surface area contributed by atoms with Gasteiger partial charge >= 0.3 is 0 Å². The minimum absolute atomic E-state index is 0.00334. The molecule has 0 aliphatic carbocycles. The molecule has 1 heterocycles. The van der Waals surface area contributed by atoms with Crippen molar-refractivity contribution in [2.24, 2.45) is 11.8 Å². The lowest BCUT2D eigenvalue weighted by molar-refractivity contribution is 0.0713. The van der Waals surface area contributed by atoms with Crippen LogP contribution in [0, 0.1) is 11.8 Å². The summed E-state index contributed by atoms with van der Waals surface area (Å²) in [6.45, 7) is -0.0827. The Bertz CT molecular complexity index is 833. The average molecular weight is 374 g/mol. The van der Waals surface area contributed by atoms with Gasteiger partial charge in [-0.25, -0.2) is 0 Å². The number of phenolic OH excluding ortho intramolecular Hbond substituents is 2. The topological polar surface area (TPSA) is 105 Å². The van der Waals surface area contributed by atoms with Crippen LogP contribution in [0.25, 0.3) is 0 Å². The zero-order valence-corrected chi connectivity index (χ0v) is 15.1. The van der Waals surface area contributed by atoms with Crippen molar-refractivity contribution in [3.63, 3.8) is 0 Å². The summed E-state index contributed by atoms with van der Waals surface area (Å²) in [5.41, 5.74) is 1.09. The molecule has 27 heavy (non-hydrogen) atoms. The van der Waals surface area contributed by atoms with Crippen LogP contribution in [0.3, 0.4) is 0 Å². The van der Waals surface area contributed by atoms with Crippen molar-refractivity contribution in [1.82, 2.24) is 0 Å². The van der Waals surface area contributed by atoms with E-state index in [2.05, 4.69) is 0 Å². The third-order valence-electron chi connectivity index (χ3n) is 4.91. The van der Waals surface area contributed by atoms with Gasteiger partial charge in [0.1, 0.15) is 0 Å². The number of carbonyl (C=O) groups is 1. The van der Waals surface area contributed by atoms with Crippen LogP contribution in [0.1, 0.15) is 22.0 Å². The lowest BCUT2D eigenvalue weighted by Crippen LogP contribution is -2.26. The third-order valence-corrected chi connectivity index (χ3v) is 4.91. The Labute approximate surface area is 156 Å². The number of rotatable bonds is 6. The van der Waals surface area contributed by atoms with E-state index in [0.29, 0.717) is 16.9 Å². The largest absolute Gasteiger partial charge is 0.504 e. The van der Waals surface area contributed by atoms with Gasteiger partial charge in [0.2, 0.25) is 0 Å². The molecule has 7 nitrogen and oxygen atoms in total. The highest BCUT2D eigenvalue weighted by Crippen LogP contribution is 2.42. The smallest absolute Gasteiger partial charge is 0.168 e. The molecule has 3 N–H and O–H groups in total. The van der Waals surface area contributed by atoms with Crippen LogP contribution in [-0.2, 0) is 4.74 Å². The van der Waals surface area contributed by atoms with Crippen LogP contribution in [0.2, 0.25) is 0 Å². The second kappa shape index (κ2) is 7.85. The van der Waals surface area contributed by atoms with Crippen molar-refractivity contribution >= 4 is 5.78 Å². The van der Waals surface area contributed by atoms with Gasteiger partial charge in [-0.1, -0.05) is 6.07 Å². The van der Waals surface area contributed by atoms with E-state index >= 15 is 0 Å². The fourth-order valence-electron chi connectivity index (χ4n) is 3.42. The number of phenols is 2. The minimum atomic E-state index is -0.547. The Morgan fingerprint density at radius 2 is 1.70 bits per heavy atom. The summed E-state index contributed by atoms with van der Waals surface area (Å²) in [6, 6.07) is 9.21. The lowest BCUT2D eigenvalue weighted by atomic mass is 9.83. The van der Waals surface area contributed by atoms with Gasteiger partial charge in [-0.3, -0.25) is 4.79 Å². The van der Waals surface area contributed by atoms with Crippen LogP contribution >= 0.6 is 0 Å². The van der Waals surface area contributed by atoms with Crippen LogP contribution in [-0.4, -0.2) is 48.5 Å². The number of aliphatic hydroxyl groups excluding tert-OH is 1. The van der Waals surface area contributed by atoms with Crippen molar-refractivity contribution in [3.8, 4) is 23.0 Å². The van der Waals surface area contributed by atoms with Crippen molar-refractivity contribution in [2.75, 3.05) is 27.4 Å². The summed E-state index contributed by atoms with van der Waals surface area (Å²) in [5, 5.41) is 29.4. The number of aromatic hydroxyl groups is 2. The van der Waals surface area contributed by atoms with Gasteiger partial charge in [-0.05, 0) is 35.9 Å². The molecule has 0 amide bonds. The highest BCUT2D eigenvalue weighted by Gasteiger charge is 2.42. The number of hydrogen-bond donors (Lipinski definition) is 3. The zero-order chi connectivity index (χ0) is 19.6. The number of ketones is 1. The van der Waals surface area contributed by atoms with Gasteiger partial charge in [0.25, 0.3) is 0 Å². The number of methoxy groups -OCH3 is 2. The lowest BCUT2D eigenvalue weighted by Gasteiger charge is -2.21. The summed E-state index contributed by atoms with van der Waals surface area (Å²) in [4.78, 5) is 13.0. The van der Waals surface area contributed by atoms with Crippen LogP contribution in [0.4, 0.5) is 0 Å². The number of benzene rings is 2. The van der Waals surface area contributed by atoms with Crippen molar-refractivity contribution < 1.29 is 34.3 Å². The fourth-order valence-corrected chi connectivity index (χ4v) is 3.42. The number of aliphatic hydroxyl groups is 1. The van der Waals surface area contributed by atoms with Crippen LogP contribution < -0.4 is 9.47 Å². The van der Waals surface area contributed by atoms with Crippen LogP contribution in [0.15, 0.2) is 36.4 Å². The first-order valence-corrected chi connectivity index (χ1v) is 8.50. The minimum Gasteiger partial charge on any atom is -0.504 e. The number of Topliss-reactive ketones (excluding diaryl/α,β-unsaturated/α-hetero) is 1. The van der Waals surface area contributed by atoms with Crippen LogP contribution in [0.5, 0.6) is 23.0 Å². The molecule has 2 aromatic carbocycles. The van der Waals surface area contributed by atoms with E-state index in [1.165, 1.54) is 38.5 Å². The molecule has 0 radical (unpaired) electrons. The molecular weight excluding hydrogens is 352 g/mol. The van der Waals surface area contributed by atoms with Gasteiger partial charge < -0.3 is 29.5 Å². The second-order valence-electron chi connectivity index (χ2n) is 6.39. The Balaban J connectivity index is 1.87. The normalized spacial score (nSPS) is 21.8. The summed E-state index contributed by atoms with van der Waals surface area (Å²) in [6.07, 6.45) is -0.502. The van der Waals surface area contributed by atoms with E-state index < -0.39 is 17.9 Å². The second-order valence-corrected chi connectivity index (χ2v) is 6.39. The summed E-state index contributed by atoms with van der Waals surface area (Å²) < 4.78 is 16.0. The number of carbonyl (C=O) groups excluding carboxylic acids is 1. The maximum atomic E-state index is 13.0. The van der Waals surface area contributed by atoms with E-state index in [-0.39, 0.29) is 36.2 Å². The van der Waals surface area contributed by atoms with Gasteiger partial charge in [0, 0.05) is 18.1 Å². The molecule has 0 spiro atoms. The molecular formula is C20H22O7. The van der Waals surface area contributed by atoms with E-state index in [1.807, 2.05) is 0 Å². The molecule has 1 saturated heterocycles. The van der Waals surface area contributed by atoms with Crippen molar-refractivity contribution in [2.45, 2.75) is 6.10 Å². The molecule has 0 unspecified atom stereocenters. The maximum absolute atomic E-state index is 13.0. The summed E-state index contributed by atoms with van der Waals surface area (Å²) >= 11 is 0. The Hall–Kier alpha value is -2.77. The Kier molecular flexibility index (Phi) is 5.53. The first-order chi connectivity index (χ1) is 13.0. The zero-order valence-electron chi connectivity index (χ0n) is 15.1. The molecule has 1 aliphatic rings. The first kappa shape index (κ1) is 19.0. The Morgan fingerprint density at radius 3 is 2.33 bits per heavy atom. The van der Waals surface area contributed by atoms with Crippen molar-refractivity contribution in [3.05, 3.63) is 47.5 Å². The molecule has 3 rings (SSSR count). The third kappa shape index (κ3) is 3.56. The molecule has 1 fully saturated rings. The monoisotopic (exact) mass is 374 g/mol. The Morgan fingerprint density at radius 1 is 1.07 bits per heavy atom. The van der Waals surface area contributed by atoms with E-state index in [9.17, 15) is 20.1 Å². The first-order valence-electron chi connectivity index (χ1n) is 8.50. The molecule has 0 bridgehead atoms. The molecule has 0 aromatic heterocycles. The van der Waals surface area contributed by atoms with Gasteiger partial charge in [-0.15, -0.1) is 0 Å². The quantitative estimate of drug-likeness (QED) is 0.666. The molecule has 1 aliphatic heterocycles. The van der Waals surface area contributed by atoms with Gasteiger partial charge in [0.15, 0.2) is 28.8 Å². The van der Waals surface area contributed by atoms with Gasteiger partial charge in [0.05, 0.1) is 32.8 Å². The predicted octanol–water partition coefficient (Wildman–Crippen LogP) is 2.29. The molecule has 7 heteroatoms. The van der Waals surface area contributed by atoms with E-state index in [0.717, 1.165) is 0 Å². The van der Waals surface area contributed by atoms with Gasteiger partial charge in [-0.2, -0.15) is 0 Å². The average Bonchev–Trinajstić information content (AvgIpc) is 3.12.